The fraction of sp³-hybridized carbons (Fsp3) is 0.400. The molecule has 1 atom stereocenters. The van der Waals surface area contributed by atoms with Crippen LogP contribution in [0.5, 0.6) is 0 Å². The first-order valence-corrected chi connectivity index (χ1v) is 7.42. The summed E-state index contributed by atoms with van der Waals surface area (Å²) in [4.78, 5) is 0. The molecule has 0 saturated carbocycles. The van der Waals surface area contributed by atoms with Crippen molar-refractivity contribution >= 4 is 15.9 Å². The Bertz CT molecular complexity index is 505. The Balaban J connectivity index is 2.04. The van der Waals surface area contributed by atoms with Gasteiger partial charge in [0, 0.05) is 18.6 Å². The van der Waals surface area contributed by atoms with E-state index in [4.69, 9.17) is 0 Å². The van der Waals surface area contributed by atoms with Crippen molar-refractivity contribution in [1.82, 2.24) is 9.78 Å². The zero-order valence-corrected chi connectivity index (χ0v) is 12.5. The quantitative estimate of drug-likeness (QED) is 0.767. The minimum Gasteiger partial charge on any atom is -0.276 e. The molecular weight excluding hydrogens is 288 g/mol. The zero-order valence-electron chi connectivity index (χ0n) is 10.9. The Morgan fingerprint density at radius 2 is 2.11 bits per heavy atom. The summed E-state index contributed by atoms with van der Waals surface area (Å²) in [6, 6.07) is 8.66. The Kier molecular flexibility index (Phi) is 4.59. The van der Waals surface area contributed by atoms with Gasteiger partial charge < -0.3 is 0 Å². The van der Waals surface area contributed by atoms with Crippen molar-refractivity contribution in [3.63, 3.8) is 0 Å². The topological polar surface area (TPSA) is 17.8 Å². The summed E-state index contributed by atoms with van der Waals surface area (Å²) < 4.78 is 1.87. The summed E-state index contributed by atoms with van der Waals surface area (Å²) in [5, 5.41) is 5.23. The SMILES string of the molecule is Cc1ccccc1C(CBr)CCc1cnn(C)c1. The molecule has 0 fully saturated rings. The lowest BCUT2D eigenvalue weighted by Gasteiger charge is -2.16. The predicted octanol–water partition coefficient (Wildman–Crippen LogP) is 3.84. The summed E-state index contributed by atoms with van der Waals surface area (Å²) in [6.07, 6.45) is 6.30. The van der Waals surface area contributed by atoms with Crippen LogP contribution in [-0.4, -0.2) is 15.1 Å². The van der Waals surface area contributed by atoms with Crippen LogP contribution in [-0.2, 0) is 13.5 Å². The normalized spacial score (nSPS) is 12.6. The molecule has 0 amide bonds. The van der Waals surface area contributed by atoms with Crippen molar-refractivity contribution in [2.75, 3.05) is 5.33 Å². The van der Waals surface area contributed by atoms with Crippen molar-refractivity contribution in [3.05, 3.63) is 53.3 Å². The van der Waals surface area contributed by atoms with E-state index in [1.54, 1.807) is 0 Å². The maximum Gasteiger partial charge on any atom is 0.0521 e. The van der Waals surface area contributed by atoms with Gasteiger partial charge in [-0.1, -0.05) is 40.2 Å². The van der Waals surface area contributed by atoms with Gasteiger partial charge in [0.25, 0.3) is 0 Å². The highest BCUT2D eigenvalue weighted by Gasteiger charge is 2.12. The molecule has 0 aliphatic rings. The molecule has 2 nitrogen and oxygen atoms in total. The number of aryl methyl sites for hydroxylation is 3. The second-order valence-electron chi connectivity index (χ2n) is 4.77. The van der Waals surface area contributed by atoms with Crippen LogP contribution >= 0.6 is 15.9 Å². The van der Waals surface area contributed by atoms with E-state index in [1.165, 1.54) is 16.7 Å². The molecular formula is C15H19BrN2. The molecule has 1 heterocycles. The molecule has 0 aliphatic heterocycles. The first kappa shape index (κ1) is 13.3. The van der Waals surface area contributed by atoms with Crippen LogP contribution in [0.1, 0.15) is 29.0 Å². The number of benzene rings is 1. The summed E-state index contributed by atoms with van der Waals surface area (Å²) in [5.74, 6) is 0.575. The molecule has 18 heavy (non-hydrogen) atoms. The van der Waals surface area contributed by atoms with Gasteiger partial charge in [-0.05, 0) is 42.4 Å². The number of halogens is 1. The number of rotatable bonds is 5. The van der Waals surface area contributed by atoms with Gasteiger partial charge in [-0.2, -0.15) is 5.10 Å². The Morgan fingerprint density at radius 1 is 1.33 bits per heavy atom. The number of aromatic nitrogens is 2. The van der Waals surface area contributed by atoms with E-state index in [-0.39, 0.29) is 0 Å². The number of nitrogens with zero attached hydrogens (tertiary/aromatic N) is 2. The number of alkyl halides is 1. The fourth-order valence-corrected chi connectivity index (χ4v) is 2.98. The lowest BCUT2D eigenvalue weighted by Crippen LogP contribution is -2.04. The molecule has 3 heteroatoms. The van der Waals surface area contributed by atoms with Gasteiger partial charge in [-0.15, -0.1) is 0 Å². The predicted molar refractivity (Wildman–Crippen MR) is 79.2 cm³/mol. The van der Waals surface area contributed by atoms with Crippen LogP contribution in [0.3, 0.4) is 0 Å². The maximum absolute atomic E-state index is 4.22. The average molecular weight is 307 g/mol. The van der Waals surface area contributed by atoms with Gasteiger partial charge in [0.05, 0.1) is 6.20 Å². The van der Waals surface area contributed by atoms with Gasteiger partial charge >= 0.3 is 0 Å². The number of hydrogen-bond acceptors (Lipinski definition) is 1. The highest BCUT2D eigenvalue weighted by Crippen LogP contribution is 2.26. The van der Waals surface area contributed by atoms with Gasteiger partial charge in [-0.3, -0.25) is 4.68 Å². The third kappa shape index (κ3) is 3.22. The van der Waals surface area contributed by atoms with Crippen LogP contribution in [0.15, 0.2) is 36.7 Å². The molecule has 0 saturated heterocycles. The van der Waals surface area contributed by atoms with Crippen molar-refractivity contribution in [3.8, 4) is 0 Å². The zero-order chi connectivity index (χ0) is 13.0. The van der Waals surface area contributed by atoms with Crippen LogP contribution in [0, 0.1) is 6.92 Å². The van der Waals surface area contributed by atoms with Crippen LogP contribution in [0.2, 0.25) is 0 Å². The third-order valence-electron chi connectivity index (χ3n) is 3.35. The maximum atomic E-state index is 4.22. The van der Waals surface area contributed by atoms with E-state index in [9.17, 15) is 0 Å². The van der Waals surface area contributed by atoms with Crippen molar-refractivity contribution < 1.29 is 0 Å². The monoisotopic (exact) mass is 306 g/mol. The molecule has 1 aromatic carbocycles. The lowest BCUT2D eigenvalue weighted by atomic mass is 9.91. The van der Waals surface area contributed by atoms with E-state index in [1.807, 2.05) is 17.9 Å². The molecule has 1 unspecified atom stereocenters. The highest BCUT2D eigenvalue weighted by atomic mass is 79.9. The molecule has 96 valence electrons. The first-order chi connectivity index (χ1) is 8.70. The van der Waals surface area contributed by atoms with E-state index < -0.39 is 0 Å². The molecule has 0 N–H and O–H groups in total. The van der Waals surface area contributed by atoms with Crippen molar-refractivity contribution in [2.45, 2.75) is 25.7 Å². The third-order valence-corrected chi connectivity index (χ3v) is 4.14. The minimum atomic E-state index is 0.575. The Morgan fingerprint density at radius 3 is 2.72 bits per heavy atom. The van der Waals surface area contributed by atoms with Crippen molar-refractivity contribution in [2.24, 2.45) is 7.05 Å². The second-order valence-corrected chi connectivity index (χ2v) is 5.42. The molecule has 1 aromatic heterocycles. The summed E-state index contributed by atoms with van der Waals surface area (Å²) in [6.45, 7) is 2.19. The summed E-state index contributed by atoms with van der Waals surface area (Å²) in [5.41, 5.74) is 4.16. The molecule has 2 rings (SSSR count). The summed E-state index contributed by atoms with van der Waals surface area (Å²) >= 11 is 3.64. The fourth-order valence-electron chi connectivity index (χ4n) is 2.30. The summed E-state index contributed by atoms with van der Waals surface area (Å²) in [7, 11) is 1.97. The minimum absolute atomic E-state index is 0.575. The van der Waals surface area contributed by atoms with Crippen LogP contribution < -0.4 is 0 Å². The van der Waals surface area contributed by atoms with Gasteiger partial charge in [0.2, 0.25) is 0 Å². The van der Waals surface area contributed by atoms with Crippen LogP contribution in [0.25, 0.3) is 0 Å². The lowest BCUT2D eigenvalue weighted by molar-refractivity contribution is 0.687. The molecule has 0 bridgehead atoms. The van der Waals surface area contributed by atoms with Gasteiger partial charge in [0.15, 0.2) is 0 Å². The van der Waals surface area contributed by atoms with Gasteiger partial charge in [-0.25, -0.2) is 0 Å². The van der Waals surface area contributed by atoms with E-state index in [0.717, 1.165) is 18.2 Å². The molecule has 0 radical (unpaired) electrons. The average Bonchev–Trinajstić information content (AvgIpc) is 2.78. The number of hydrogen-bond donors (Lipinski definition) is 0. The Labute approximate surface area is 117 Å². The van der Waals surface area contributed by atoms with Gasteiger partial charge in [0.1, 0.15) is 0 Å². The van der Waals surface area contributed by atoms with E-state index in [0.29, 0.717) is 5.92 Å². The van der Waals surface area contributed by atoms with Crippen LogP contribution in [0.4, 0.5) is 0 Å². The smallest absolute Gasteiger partial charge is 0.0521 e. The highest BCUT2D eigenvalue weighted by molar-refractivity contribution is 9.09. The Hall–Kier alpha value is -1.09. The van der Waals surface area contributed by atoms with Crippen molar-refractivity contribution in [1.29, 1.82) is 0 Å². The first-order valence-electron chi connectivity index (χ1n) is 6.29. The molecule has 0 spiro atoms. The standard InChI is InChI=1S/C15H19BrN2/c1-12-5-3-4-6-15(12)14(9-16)8-7-13-10-17-18(2)11-13/h3-6,10-11,14H,7-9H2,1-2H3. The molecule has 0 aliphatic carbocycles. The van der Waals surface area contributed by atoms with E-state index in [2.05, 4.69) is 58.4 Å². The van der Waals surface area contributed by atoms with E-state index >= 15 is 0 Å². The largest absolute Gasteiger partial charge is 0.276 e. The second kappa shape index (κ2) is 6.19. The molecule has 2 aromatic rings.